The molecule has 2 fully saturated rings. The van der Waals surface area contributed by atoms with Crippen molar-refractivity contribution in [1.82, 2.24) is 5.32 Å². The van der Waals surface area contributed by atoms with Crippen LogP contribution in [0.2, 0.25) is 0 Å². The maximum Gasteiger partial charge on any atom is 0.314 e. The van der Waals surface area contributed by atoms with Crippen LogP contribution in [0.5, 0.6) is 0 Å². The van der Waals surface area contributed by atoms with E-state index >= 15 is 0 Å². The van der Waals surface area contributed by atoms with Crippen molar-refractivity contribution >= 4 is 27.4 Å². The van der Waals surface area contributed by atoms with Crippen molar-refractivity contribution in [3.8, 4) is 0 Å². The molecule has 28 heavy (non-hydrogen) atoms. The van der Waals surface area contributed by atoms with Gasteiger partial charge in [-0.25, -0.2) is 0 Å². The topological polar surface area (TPSA) is 38.3 Å². The second kappa shape index (κ2) is 5.68. The molecule has 1 saturated heterocycles. The Hall–Kier alpha value is -2.17. The Morgan fingerprint density at radius 3 is 2.86 bits per heavy atom. The monoisotopic (exact) mass is 389 g/mol. The number of carbonyl (C=O) groups is 1. The van der Waals surface area contributed by atoms with Gasteiger partial charge in [0.2, 0.25) is 0 Å². The molecule has 4 unspecified atom stereocenters. The van der Waals surface area contributed by atoms with Crippen LogP contribution in [0, 0.1) is 11.3 Å². The maximum absolute atomic E-state index is 13.3. The molecule has 0 spiro atoms. The summed E-state index contributed by atoms with van der Waals surface area (Å²) in [6.45, 7) is 1.59. The highest BCUT2D eigenvalue weighted by Gasteiger charge is 2.69. The summed E-state index contributed by atoms with van der Waals surface area (Å²) in [5.74, 6) is 0.439. The van der Waals surface area contributed by atoms with Crippen molar-refractivity contribution in [3.05, 3.63) is 70.6 Å². The molecule has 3 aliphatic carbocycles. The number of hydrogen-bond donors (Lipinski definition) is 1. The van der Waals surface area contributed by atoms with Crippen LogP contribution in [0.1, 0.15) is 34.8 Å². The molecule has 7 rings (SSSR count). The highest BCUT2D eigenvalue weighted by atomic mass is 32.1. The van der Waals surface area contributed by atoms with E-state index in [2.05, 4.69) is 59.9 Å². The van der Waals surface area contributed by atoms with Crippen molar-refractivity contribution in [2.75, 3.05) is 20.2 Å². The van der Waals surface area contributed by atoms with Crippen molar-refractivity contribution in [1.29, 1.82) is 0 Å². The lowest BCUT2D eigenvalue weighted by atomic mass is 9.43. The van der Waals surface area contributed by atoms with Gasteiger partial charge in [-0.3, -0.25) is 4.79 Å². The molecule has 4 aliphatic rings. The van der Waals surface area contributed by atoms with Crippen LogP contribution in [0.4, 0.5) is 0 Å². The molecule has 2 aromatic carbocycles. The lowest BCUT2D eigenvalue weighted by Gasteiger charge is -2.59. The third kappa shape index (κ3) is 1.81. The highest BCUT2D eigenvalue weighted by molar-refractivity contribution is 7.19. The molecule has 4 heteroatoms. The zero-order valence-electron chi connectivity index (χ0n) is 15.9. The number of esters is 1. The molecule has 142 valence electrons. The van der Waals surface area contributed by atoms with Crippen molar-refractivity contribution in [3.63, 3.8) is 0 Å². The third-order valence-corrected chi connectivity index (χ3v) is 8.97. The van der Waals surface area contributed by atoms with Gasteiger partial charge in [0.25, 0.3) is 0 Å². The average Bonchev–Trinajstić information content (AvgIpc) is 3.39. The molecule has 0 radical (unpaired) electrons. The van der Waals surface area contributed by atoms with E-state index in [1.165, 1.54) is 26.1 Å². The van der Waals surface area contributed by atoms with Crippen LogP contribution in [0.15, 0.2) is 54.6 Å². The predicted molar refractivity (Wildman–Crippen MR) is 112 cm³/mol. The summed E-state index contributed by atoms with van der Waals surface area (Å²) in [6.07, 6.45) is 2.14. The van der Waals surface area contributed by atoms with Gasteiger partial charge >= 0.3 is 5.97 Å². The molecule has 1 N–H and O–H groups in total. The summed E-state index contributed by atoms with van der Waals surface area (Å²) < 4.78 is 6.75. The van der Waals surface area contributed by atoms with Gasteiger partial charge in [0, 0.05) is 39.9 Å². The highest BCUT2D eigenvalue weighted by Crippen LogP contribution is 2.68. The fraction of sp³-hybridized carbons (Fsp3) is 0.375. The van der Waals surface area contributed by atoms with Gasteiger partial charge in [-0.15, -0.1) is 11.3 Å². The van der Waals surface area contributed by atoms with E-state index < -0.39 is 5.41 Å². The van der Waals surface area contributed by atoms with Crippen LogP contribution >= 0.6 is 11.3 Å². The second-order valence-corrected chi connectivity index (χ2v) is 9.60. The first-order valence-electron chi connectivity index (χ1n) is 10.1. The van der Waals surface area contributed by atoms with Gasteiger partial charge in [0.1, 0.15) is 0 Å². The molecular weight excluding hydrogens is 366 g/mol. The van der Waals surface area contributed by atoms with Crippen molar-refractivity contribution in [2.24, 2.45) is 11.3 Å². The number of benzene rings is 2. The van der Waals surface area contributed by atoms with Gasteiger partial charge in [-0.1, -0.05) is 42.5 Å². The zero-order valence-corrected chi connectivity index (χ0v) is 16.7. The quantitative estimate of drug-likeness (QED) is 0.658. The Bertz CT molecular complexity index is 1070. The molecule has 4 atom stereocenters. The van der Waals surface area contributed by atoms with Gasteiger partial charge in [0.15, 0.2) is 0 Å². The summed E-state index contributed by atoms with van der Waals surface area (Å²) in [4.78, 5) is 14.7. The Balaban J connectivity index is 1.68. The predicted octanol–water partition coefficient (Wildman–Crippen LogP) is 4.46. The number of thiophene rings is 1. The Labute approximate surface area is 168 Å². The lowest BCUT2D eigenvalue weighted by molar-refractivity contribution is -0.161. The van der Waals surface area contributed by atoms with Crippen molar-refractivity contribution in [2.45, 2.75) is 24.2 Å². The van der Waals surface area contributed by atoms with E-state index in [0.29, 0.717) is 0 Å². The first kappa shape index (κ1) is 16.8. The van der Waals surface area contributed by atoms with E-state index in [9.17, 15) is 4.79 Å². The van der Waals surface area contributed by atoms with Gasteiger partial charge < -0.3 is 10.1 Å². The second-order valence-electron chi connectivity index (χ2n) is 8.51. The van der Waals surface area contributed by atoms with Crippen LogP contribution in [0.3, 0.4) is 0 Å². The van der Waals surface area contributed by atoms with Gasteiger partial charge in [-0.2, -0.15) is 0 Å². The minimum Gasteiger partial charge on any atom is -0.469 e. The summed E-state index contributed by atoms with van der Waals surface area (Å²) in [5.41, 5.74) is 2.21. The molecular formula is C24H23NO2S. The maximum atomic E-state index is 13.3. The number of hydrogen-bond acceptors (Lipinski definition) is 4. The molecule has 2 heterocycles. The average molecular weight is 390 g/mol. The van der Waals surface area contributed by atoms with Gasteiger partial charge in [0.05, 0.1) is 12.5 Å². The largest absolute Gasteiger partial charge is 0.469 e. The van der Waals surface area contributed by atoms with Crippen LogP contribution in [0.25, 0.3) is 10.1 Å². The summed E-state index contributed by atoms with van der Waals surface area (Å²) >= 11 is 1.90. The number of fused-ring (bicyclic) bond motifs is 2. The minimum atomic E-state index is -0.461. The normalized spacial score (nSPS) is 32.9. The number of ether oxygens (including phenoxy) is 1. The van der Waals surface area contributed by atoms with Crippen LogP contribution in [-0.2, 0) is 14.9 Å². The lowest BCUT2D eigenvalue weighted by Crippen LogP contribution is -2.60. The Morgan fingerprint density at radius 1 is 1.18 bits per heavy atom. The van der Waals surface area contributed by atoms with E-state index in [1.54, 1.807) is 7.11 Å². The molecule has 1 aliphatic heterocycles. The smallest absolute Gasteiger partial charge is 0.314 e. The SMILES string of the molecule is COC(=O)C12CNCC1C1(c3cc4ccccc4s3)CCC2c2ccccc21. The molecule has 1 saturated carbocycles. The van der Waals surface area contributed by atoms with E-state index in [0.717, 1.165) is 25.9 Å². The Morgan fingerprint density at radius 2 is 2.00 bits per heavy atom. The number of nitrogens with one attached hydrogen (secondary N) is 1. The fourth-order valence-corrected chi connectivity index (χ4v) is 8.00. The minimum absolute atomic E-state index is 0.0350. The first-order chi connectivity index (χ1) is 13.7. The van der Waals surface area contributed by atoms with Crippen LogP contribution < -0.4 is 5.32 Å². The van der Waals surface area contributed by atoms with E-state index in [-0.39, 0.29) is 23.2 Å². The Kier molecular flexibility index (Phi) is 3.40. The molecule has 0 amide bonds. The number of rotatable bonds is 2. The first-order valence-corrected chi connectivity index (χ1v) is 10.9. The van der Waals surface area contributed by atoms with Crippen molar-refractivity contribution < 1.29 is 9.53 Å². The van der Waals surface area contributed by atoms with E-state index in [4.69, 9.17) is 4.74 Å². The molecule has 1 aromatic heterocycles. The summed E-state index contributed by atoms with van der Waals surface area (Å²) in [6, 6.07) is 19.9. The van der Waals surface area contributed by atoms with E-state index in [1.807, 2.05) is 11.3 Å². The number of carbonyl (C=O) groups excluding carboxylic acids is 1. The summed E-state index contributed by atoms with van der Waals surface area (Å²) in [7, 11) is 1.55. The fourth-order valence-electron chi connectivity index (χ4n) is 6.65. The molecule has 2 bridgehead atoms. The standard InChI is InChI=1S/C24H23NO2S/c1-27-22(26)24-14-25-13-20(24)23(21-12-15-6-2-5-9-19(15)28-21)11-10-18(24)16-7-3-4-8-17(16)23/h2-9,12,18,20,25H,10-11,13-14H2,1H3. The molecule has 3 nitrogen and oxygen atoms in total. The molecule has 3 aromatic rings. The number of methoxy groups -OCH3 is 1. The summed E-state index contributed by atoms with van der Waals surface area (Å²) in [5, 5.41) is 4.89. The van der Waals surface area contributed by atoms with Gasteiger partial charge in [-0.05, 0) is 41.5 Å². The van der Waals surface area contributed by atoms with Crippen LogP contribution in [-0.4, -0.2) is 26.2 Å². The zero-order chi connectivity index (χ0) is 18.9. The third-order valence-electron chi connectivity index (χ3n) is 7.68.